The Morgan fingerprint density at radius 1 is 1.09 bits per heavy atom. The largest absolute Gasteiger partial charge is 0.496 e. The quantitative estimate of drug-likeness (QED) is 0.188. The molecule has 1 aliphatic carbocycles. The fourth-order valence-corrected chi connectivity index (χ4v) is 4.38. The van der Waals surface area contributed by atoms with Crippen molar-refractivity contribution >= 4 is 36.0 Å². The van der Waals surface area contributed by atoms with Crippen molar-refractivity contribution in [1.82, 2.24) is 15.6 Å². The maximum Gasteiger partial charge on any atom is 0.410 e. The number of amides is 2. The third kappa shape index (κ3) is 9.03. The molecule has 0 spiro atoms. The summed E-state index contributed by atoms with van der Waals surface area (Å²) in [4.78, 5) is 67.8. The fourth-order valence-electron chi connectivity index (χ4n) is 4.38. The summed E-state index contributed by atoms with van der Waals surface area (Å²) in [6, 6.07) is 4.51. The fraction of sp³-hybridized carbons (Fsp3) is 0.438. The van der Waals surface area contributed by atoms with Gasteiger partial charge in [-0.25, -0.2) is 24.2 Å². The Kier molecular flexibility index (Phi) is 12.0. The van der Waals surface area contributed by atoms with E-state index < -0.39 is 47.9 Å². The minimum Gasteiger partial charge on any atom is -0.496 e. The predicted molar refractivity (Wildman–Crippen MR) is 163 cm³/mol. The lowest BCUT2D eigenvalue weighted by atomic mass is 9.95. The van der Waals surface area contributed by atoms with E-state index in [2.05, 4.69) is 22.2 Å². The Morgan fingerprint density at radius 2 is 1.80 bits per heavy atom. The van der Waals surface area contributed by atoms with Gasteiger partial charge in [0.2, 0.25) is 6.29 Å². The zero-order valence-corrected chi connectivity index (χ0v) is 26.0. The standard InChI is InChI=1S/C32H39N3O10/c1-7-17(4)26(30(39)43-9-3)35-32(41)45-18(5)44-31(40)27-21(12-13-24(34-27)28(36)33-16-19-10-11-19)22-15-25(42-6)20(8-2)14-23(22)29(37)38/h8,12-15,17-19,26H,2,7,9-11,16H2,1,3-6H3,(H,33,36)(H,35,41)(H,37,38)/t17-,18?,26-/m0/s1. The second-order valence-electron chi connectivity index (χ2n) is 10.5. The second kappa shape index (κ2) is 15.7. The third-order valence-electron chi connectivity index (χ3n) is 7.25. The molecule has 1 aromatic carbocycles. The highest BCUT2D eigenvalue weighted by Crippen LogP contribution is 2.34. The van der Waals surface area contributed by atoms with Gasteiger partial charge < -0.3 is 34.7 Å². The molecule has 0 saturated heterocycles. The molecule has 0 bridgehead atoms. The van der Waals surface area contributed by atoms with E-state index in [1.807, 2.05) is 6.92 Å². The zero-order valence-electron chi connectivity index (χ0n) is 26.0. The first-order valence-electron chi connectivity index (χ1n) is 14.7. The normalized spacial score (nSPS) is 14.2. The van der Waals surface area contributed by atoms with E-state index in [0.717, 1.165) is 12.8 Å². The van der Waals surface area contributed by atoms with Crippen LogP contribution in [-0.4, -0.2) is 72.6 Å². The highest BCUT2D eigenvalue weighted by molar-refractivity contribution is 6.04. The van der Waals surface area contributed by atoms with E-state index in [4.69, 9.17) is 18.9 Å². The van der Waals surface area contributed by atoms with Gasteiger partial charge in [0.15, 0.2) is 5.69 Å². The van der Waals surface area contributed by atoms with Gasteiger partial charge in [0.25, 0.3) is 5.91 Å². The molecule has 2 amide bonds. The topological polar surface area (TPSA) is 179 Å². The first-order chi connectivity index (χ1) is 21.4. The highest BCUT2D eigenvalue weighted by atomic mass is 16.7. The molecule has 1 fully saturated rings. The first kappa shape index (κ1) is 34.5. The molecule has 242 valence electrons. The maximum atomic E-state index is 13.5. The number of pyridine rings is 1. The van der Waals surface area contributed by atoms with Crippen LogP contribution in [0.15, 0.2) is 30.8 Å². The summed E-state index contributed by atoms with van der Waals surface area (Å²) in [5.41, 5.74) is -0.197. The number of hydrogen-bond acceptors (Lipinski definition) is 10. The van der Waals surface area contributed by atoms with Crippen LogP contribution in [0.25, 0.3) is 17.2 Å². The van der Waals surface area contributed by atoms with Gasteiger partial charge >= 0.3 is 24.0 Å². The first-order valence-corrected chi connectivity index (χ1v) is 14.7. The third-order valence-corrected chi connectivity index (χ3v) is 7.25. The predicted octanol–water partition coefficient (Wildman–Crippen LogP) is 4.45. The van der Waals surface area contributed by atoms with Crippen molar-refractivity contribution in [2.75, 3.05) is 20.3 Å². The maximum absolute atomic E-state index is 13.5. The number of esters is 2. The van der Waals surface area contributed by atoms with Crippen LogP contribution in [0.3, 0.4) is 0 Å². The summed E-state index contributed by atoms with van der Waals surface area (Å²) >= 11 is 0. The van der Waals surface area contributed by atoms with Gasteiger partial charge in [-0.05, 0) is 55.9 Å². The van der Waals surface area contributed by atoms with Crippen molar-refractivity contribution in [3.8, 4) is 16.9 Å². The van der Waals surface area contributed by atoms with Crippen molar-refractivity contribution in [3.05, 3.63) is 53.4 Å². The van der Waals surface area contributed by atoms with Gasteiger partial charge in [0, 0.05) is 30.2 Å². The number of carboxylic acid groups (broad SMARTS) is 1. The molecule has 13 heteroatoms. The van der Waals surface area contributed by atoms with Crippen molar-refractivity contribution in [1.29, 1.82) is 0 Å². The van der Waals surface area contributed by atoms with Gasteiger partial charge in [-0.3, -0.25) is 4.79 Å². The van der Waals surface area contributed by atoms with E-state index >= 15 is 0 Å². The highest BCUT2D eigenvalue weighted by Gasteiger charge is 2.30. The molecule has 3 atom stereocenters. The lowest BCUT2D eigenvalue weighted by Gasteiger charge is -2.23. The molecular formula is C32H39N3O10. The van der Waals surface area contributed by atoms with Gasteiger partial charge in [-0.2, -0.15) is 0 Å². The monoisotopic (exact) mass is 625 g/mol. The molecule has 3 N–H and O–H groups in total. The summed E-state index contributed by atoms with van der Waals surface area (Å²) in [7, 11) is 1.39. The summed E-state index contributed by atoms with van der Waals surface area (Å²) in [6.07, 6.45) is 1.49. The van der Waals surface area contributed by atoms with Crippen molar-refractivity contribution < 1.29 is 48.0 Å². The number of nitrogens with zero attached hydrogens (tertiary/aromatic N) is 1. The molecule has 1 heterocycles. The Balaban J connectivity index is 1.94. The summed E-state index contributed by atoms with van der Waals surface area (Å²) < 4.78 is 21.0. The Bertz CT molecular complexity index is 1450. The smallest absolute Gasteiger partial charge is 0.410 e. The summed E-state index contributed by atoms with van der Waals surface area (Å²) in [5.74, 6) is -3.17. The van der Waals surface area contributed by atoms with E-state index in [-0.39, 0.29) is 40.7 Å². The zero-order chi connectivity index (χ0) is 33.3. The van der Waals surface area contributed by atoms with E-state index in [9.17, 15) is 29.1 Å². The van der Waals surface area contributed by atoms with Crippen molar-refractivity contribution in [3.63, 3.8) is 0 Å². The van der Waals surface area contributed by atoms with Crippen molar-refractivity contribution in [2.24, 2.45) is 11.8 Å². The molecule has 45 heavy (non-hydrogen) atoms. The molecule has 13 nitrogen and oxygen atoms in total. The van der Waals surface area contributed by atoms with Crippen LogP contribution in [0.5, 0.6) is 5.75 Å². The summed E-state index contributed by atoms with van der Waals surface area (Å²) in [5, 5.41) is 15.2. The lowest BCUT2D eigenvalue weighted by Crippen LogP contribution is -2.47. The number of aromatic carboxylic acids is 1. The molecule has 1 aliphatic rings. The molecule has 2 aromatic rings. The average Bonchev–Trinajstić information content (AvgIpc) is 3.85. The minimum absolute atomic E-state index is 0.0286. The number of nitrogens with one attached hydrogen (secondary N) is 2. The number of hydrogen-bond donors (Lipinski definition) is 3. The van der Waals surface area contributed by atoms with E-state index in [0.29, 0.717) is 24.4 Å². The number of alkyl carbamates (subject to hydrolysis) is 1. The van der Waals surface area contributed by atoms with E-state index in [1.165, 1.54) is 44.4 Å². The number of carbonyl (C=O) groups excluding carboxylic acids is 4. The molecule has 0 radical (unpaired) electrons. The average molecular weight is 626 g/mol. The second-order valence-corrected chi connectivity index (χ2v) is 10.5. The Morgan fingerprint density at radius 3 is 2.38 bits per heavy atom. The van der Waals surface area contributed by atoms with Crippen LogP contribution >= 0.6 is 0 Å². The molecule has 1 saturated carbocycles. The molecule has 3 rings (SSSR count). The van der Waals surface area contributed by atoms with Crippen LogP contribution < -0.4 is 15.4 Å². The van der Waals surface area contributed by atoms with Crippen LogP contribution in [0.2, 0.25) is 0 Å². The number of rotatable bonds is 15. The van der Waals surface area contributed by atoms with Gasteiger partial charge in [-0.1, -0.05) is 32.9 Å². The van der Waals surface area contributed by atoms with Crippen LogP contribution in [-0.2, 0) is 19.0 Å². The number of carboxylic acids is 1. The number of carbonyl (C=O) groups is 5. The number of benzene rings is 1. The Labute approximate surface area is 261 Å². The Hall–Kier alpha value is -4.94. The number of ether oxygens (including phenoxy) is 4. The molecule has 1 aromatic heterocycles. The molecular weight excluding hydrogens is 586 g/mol. The number of aromatic nitrogens is 1. The summed E-state index contributed by atoms with van der Waals surface area (Å²) in [6.45, 7) is 10.8. The van der Waals surface area contributed by atoms with Crippen molar-refractivity contribution in [2.45, 2.75) is 59.3 Å². The molecule has 1 unspecified atom stereocenters. The molecule has 0 aliphatic heterocycles. The van der Waals surface area contributed by atoms with Crippen LogP contribution in [0, 0.1) is 11.8 Å². The van der Waals surface area contributed by atoms with Crippen LogP contribution in [0.1, 0.15) is 83.9 Å². The van der Waals surface area contributed by atoms with Gasteiger partial charge in [0.05, 0.1) is 19.3 Å². The number of methoxy groups -OCH3 is 1. The van der Waals surface area contributed by atoms with Gasteiger partial charge in [0.1, 0.15) is 17.5 Å². The lowest BCUT2D eigenvalue weighted by molar-refractivity contribution is -0.147. The van der Waals surface area contributed by atoms with Crippen LogP contribution in [0.4, 0.5) is 4.79 Å². The SMILES string of the molecule is C=Cc1cc(C(=O)O)c(-c2ccc(C(=O)NCC3CC3)nc2C(=O)OC(C)OC(=O)N[C@H](C(=O)OCC)[C@@H](C)CC)cc1OC. The van der Waals surface area contributed by atoms with Gasteiger partial charge in [-0.15, -0.1) is 0 Å². The van der Waals surface area contributed by atoms with E-state index in [1.54, 1.807) is 13.8 Å². The minimum atomic E-state index is -1.48.